The highest BCUT2D eigenvalue weighted by atomic mass is 19.1. The van der Waals surface area contributed by atoms with Gasteiger partial charge in [0.15, 0.2) is 0 Å². The molecule has 2 nitrogen and oxygen atoms in total. The van der Waals surface area contributed by atoms with E-state index in [0.717, 1.165) is 5.56 Å². The van der Waals surface area contributed by atoms with Crippen LogP contribution in [0.1, 0.15) is 5.56 Å². The van der Waals surface area contributed by atoms with E-state index in [1.165, 1.54) is 12.1 Å². The highest BCUT2D eigenvalue weighted by molar-refractivity contribution is 5.82. The molecule has 0 saturated heterocycles. The number of benzene rings is 2. The van der Waals surface area contributed by atoms with Crippen LogP contribution in [0.5, 0.6) is 5.75 Å². The summed E-state index contributed by atoms with van der Waals surface area (Å²) in [6, 6.07) is 12.6. The van der Waals surface area contributed by atoms with Gasteiger partial charge in [0.25, 0.3) is 0 Å². The van der Waals surface area contributed by atoms with E-state index in [1.807, 2.05) is 0 Å². The van der Waals surface area contributed by atoms with Crippen molar-refractivity contribution in [3.05, 3.63) is 59.9 Å². The molecule has 0 aliphatic heterocycles. The molecular weight excluding hydrogens is 211 g/mol. The lowest BCUT2D eigenvalue weighted by Crippen LogP contribution is -1.79. The van der Waals surface area contributed by atoms with E-state index in [9.17, 15) is 4.39 Å². The lowest BCUT2D eigenvalue weighted by atomic mass is 10.3. The van der Waals surface area contributed by atoms with Crippen LogP contribution >= 0.6 is 0 Å². The molecule has 0 aliphatic rings. The van der Waals surface area contributed by atoms with Gasteiger partial charge in [0, 0.05) is 6.21 Å². The average molecular weight is 221 g/mol. The molecule has 16 heavy (non-hydrogen) atoms. The van der Waals surface area contributed by atoms with Crippen LogP contribution in [0.25, 0.3) is 0 Å². The van der Waals surface area contributed by atoms with Crippen LogP contribution < -0.4 is 0 Å². The minimum absolute atomic E-state index is 0.221. The third-order valence-corrected chi connectivity index (χ3v) is 2.08. The fourth-order valence-corrected chi connectivity index (χ4v) is 1.24. The summed E-state index contributed by atoms with van der Waals surface area (Å²) in [5, 5.41) is 9.09. The molecular formula is C13H10FNO. The fraction of sp³-hybridized carbons (Fsp3) is 0. The topological polar surface area (TPSA) is 32.6 Å². The molecule has 0 radical (unpaired) electrons. The summed E-state index contributed by atoms with van der Waals surface area (Å²) in [5.74, 6) is -0.0532. The molecule has 2 aromatic rings. The molecule has 2 rings (SSSR count). The predicted molar refractivity (Wildman–Crippen MR) is 61.8 cm³/mol. The monoisotopic (exact) mass is 221 g/mol. The summed E-state index contributed by atoms with van der Waals surface area (Å²) in [4.78, 5) is 4.17. The number of hydrogen-bond acceptors (Lipinski definition) is 2. The van der Waals surface area contributed by atoms with E-state index in [1.54, 1.807) is 42.6 Å². The Morgan fingerprint density at radius 3 is 2.19 bits per heavy atom. The number of phenolic OH excluding ortho intramolecular Hbond substituents is 1. The molecule has 80 valence electrons. The second-order valence-corrected chi connectivity index (χ2v) is 3.33. The van der Waals surface area contributed by atoms with Gasteiger partial charge in [0.2, 0.25) is 0 Å². The van der Waals surface area contributed by atoms with E-state index in [0.29, 0.717) is 5.69 Å². The van der Waals surface area contributed by atoms with Crippen molar-refractivity contribution < 1.29 is 9.50 Å². The second kappa shape index (κ2) is 4.57. The zero-order chi connectivity index (χ0) is 11.4. The maximum Gasteiger partial charge on any atom is 0.123 e. The Kier molecular flexibility index (Phi) is 2.96. The van der Waals surface area contributed by atoms with E-state index in [4.69, 9.17) is 5.11 Å². The molecule has 1 N–H and O–H groups in total. The molecule has 0 saturated carbocycles. The Hall–Kier alpha value is -2.16. The minimum atomic E-state index is -0.274. The third kappa shape index (κ3) is 2.67. The van der Waals surface area contributed by atoms with E-state index < -0.39 is 0 Å². The van der Waals surface area contributed by atoms with Gasteiger partial charge in [-0.1, -0.05) is 0 Å². The van der Waals surface area contributed by atoms with Crippen molar-refractivity contribution in [3.8, 4) is 5.75 Å². The highest BCUT2D eigenvalue weighted by Crippen LogP contribution is 2.13. The largest absolute Gasteiger partial charge is 0.508 e. The molecule has 0 amide bonds. The van der Waals surface area contributed by atoms with Crippen LogP contribution in [-0.2, 0) is 0 Å². The van der Waals surface area contributed by atoms with Crippen LogP contribution in [0.15, 0.2) is 53.5 Å². The van der Waals surface area contributed by atoms with E-state index in [2.05, 4.69) is 4.99 Å². The number of phenols is 1. The van der Waals surface area contributed by atoms with E-state index >= 15 is 0 Å². The number of hydrogen-bond donors (Lipinski definition) is 1. The van der Waals surface area contributed by atoms with Crippen molar-refractivity contribution >= 4 is 11.9 Å². The van der Waals surface area contributed by atoms with Gasteiger partial charge in [-0.05, 0) is 54.1 Å². The summed E-state index contributed by atoms with van der Waals surface area (Å²) < 4.78 is 12.6. The summed E-state index contributed by atoms with van der Waals surface area (Å²) in [7, 11) is 0. The molecule has 0 fully saturated rings. The smallest absolute Gasteiger partial charge is 0.123 e. The van der Waals surface area contributed by atoms with Crippen LogP contribution in [0, 0.1) is 5.82 Å². The average Bonchev–Trinajstić information content (AvgIpc) is 2.30. The minimum Gasteiger partial charge on any atom is -0.508 e. The molecule has 0 spiro atoms. The third-order valence-electron chi connectivity index (χ3n) is 2.08. The zero-order valence-electron chi connectivity index (χ0n) is 8.47. The molecule has 0 heterocycles. The van der Waals surface area contributed by atoms with Gasteiger partial charge in [-0.2, -0.15) is 0 Å². The lowest BCUT2D eigenvalue weighted by molar-refractivity contribution is 0.475. The normalized spacial score (nSPS) is 10.8. The molecule has 2 aromatic carbocycles. The number of halogens is 1. The molecule has 0 atom stereocenters. The number of rotatable bonds is 2. The SMILES string of the molecule is O[13c]1[13cH][13cH][13c](C=Nc2ccc(F)cc2)[13cH][13cH]1. The maximum absolute atomic E-state index is 12.6. The van der Waals surface area contributed by atoms with Gasteiger partial charge >= 0.3 is 0 Å². The summed E-state index contributed by atoms with van der Waals surface area (Å²) in [6.45, 7) is 0. The molecule has 0 aromatic heterocycles. The van der Waals surface area contributed by atoms with Crippen molar-refractivity contribution in [2.75, 3.05) is 0 Å². The highest BCUT2D eigenvalue weighted by Gasteiger charge is 1.91. The first kappa shape index (κ1) is 10.4. The van der Waals surface area contributed by atoms with Gasteiger partial charge in [-0.25, -0.2) is 4.39 Å². The van der Waals surface area contributed by atoms with Crippen LogP contribution in [0.4, 0.5) is 10.1 Å². The Labute approximate surface area is 92.7 Å². The van der Waals surface area contributed by atoms with Crippen LogP contribution in [0.2, 0.25) is 0 Å². The Morgan fingerprint density at radius 1 is 0.938 bits per heavy atom. The molecule has 0 aliphatic carbocycles. The number of nitrogens with zero attached hydrogens (tertiary/aromatic N) is 1. The van der Waals surface area contributed by atoms with Gasteiger partial charge in [-0.15, -0.1) is 0 Å². The number of aliphatic imine (C=N–C) groups is 1. The van der Waals surface area contributed by atoms with Crippen LogP contribution in [-0.4, -0.2) is 11.3 Å². The summed E-state index contributed by atoms with van der Waals surface area (Å²) in [6.07, 6.45) is 1.66. The van der Waals surface area contributed by atoms with Crippen molar-refractivity contribution in [1.29, 1.82) is 0 Å². The molecule has 0 unspecified atom stereocenters. The van der Waals surface area contributed by atoms with Gasteiger partial charge in [0.1, 0.15) is 11.6 Å². The Bertz CT molecular complexity index is 441. The Balaban J connectivity index is 2.15. The zero-order valence-corrected chi connectivity index (χ0v) is 8.47. The fourth-order valence-electron chi connectivity index (χ4n) is 1.24. The maximum atomic E-state index is 12.6. The first-order valence-electron chi connectivity index (χ1n) is 4.83. The summed E-state index contributed by atoms with van der Waals surface area (Å²) >= 11 is 0. The van der Waals surface area contributed by atoms with Crippen LogP contribution in [0.3, 0.4) is 0 Å². The lowest BCUT2D eigenvalue weighted by Gasteiger charge is -1.95. The standard InChI is InChI=1S/C13H10FNO/c14-11-3-5-12(6-4-11)15-9-10-1-7-13(16)8-2-10/h1-9,16H/i1+1,2+1,7+1,8+1,10+1,13+1. The predicted octanol–water partition coefficient (Wildman–Crippen LogP) is 3.28. The Morgan fingerprint density at radius 2 is 1.56 bits per heavy atom. The summed E-state index contributed by atoms with van der Waals surface area (Å²) in [5.41, 5.74) is 1.57. The number of aromatic hydroxyl groups is 1. The molecule has 0 bridgehead atoms. The molecule has 3 heteroatoms. The van der Waals surface area contributed by atoms with Crippen molar-refractivity contribution in [2.45, 2.75) is 0 Å². The second-order valence-electron chi connectivity index (χ2n) is 3.33. The quantitative estimate of drug-likeness (QED) is 0.775. The van der Waals surface area contributed by atoms with Gasteiger partial charge < -0.3 is 5.11 Å². The first-order chi connectivity index (χ1) is 7.74. The first-order valence-corrected chi connectivity index (χ1v) is 4.83. The van der Waals surface area contributed by atoms with Crippen molar-refractivity contribution in [2.24, 2.45) is 4.99 Å². The van der Waals surface area contributed by atoms with Crippen molar-refractivity contribution in [3.63, 3.8) is 0 Å². The van der Waals surface area contributed by atoms with Crippen molar-refractivity contribution in [1.82, 2.24) is 0 Å². The van der Waals surface area contributed by atoms with E-state index in [-0.39, 0.29) is 11.6 Å². The van der Waals surface area contributed by atoms with Gasteiger partial charge in [0.05, 0.1) is 5.69 Å². The van der Waals surface area contributed by atoms with Gasteiger partial charge in [-0.3, -0.25) is 4.99 Å².